The highest BCUT2D eigenvalue weighted by Gasteiger charge is 2.24. The Morgan fingerprint density at radius 3 is 1.25 bits per heavy atom. The molecule has 11 aromatic rings. The van der Waals surface area contributed by atoms with Crippen LogP contribution in [0.5, 0.6) is 0 Å². The van der Waals surface area contributed by atoms with E-state index in [1.54, 1.807) is 0 Å². The molecule has 6 heteroatoms. The molecule has 4 aromatic heterocycles. The summed E-state index contributed by atoms with van der Waals surface area (Å²) in [4.78, 5) is 21.3. The Morgan fingerprint density at radius 1 is 0.375 bits per heavy atom. The van der Waals surface area contributed by atoms with Crippen molar-refractivity contribution >= 4 is 28.3 Å². The van der Waals surface area contributed by atoms with E-state index in [9.17, 15) is 0 Å². The molecule has 11 rings (SSSR count). The van der Waals surface area contributed by atoms with Crippen molar-refractivity contribution in [2.24, 2.45) is 0 Å². The second-order valence-corrected chi connectivity index (χ2v) is 15.4. The van der Waals surface area contributed by atoms with E-state index in [2.05, 4.69) is 204 Å². The van der Waals surface area contributed by atoms with Crippen LogP contribution in [0.15, 0.2) is 200 Å². The number of nitrogens with zero attached hydrogens (tertiary/aromatic N) is 6. The quantitative estimate of drug-likeness (QED) is 0.153. The molecule has 0 aliphatic heterocycles. The summed E-state index contributed by atoms with van der Waals surface area (Å²) in [5, 5.41) is 1.01. The molecular weight excluding hydrogens is 781 g/mol. The summed E-state index contributed by atoms with van der Waals surface area (Å²) < 4.78 is 4.47. The van der Waals surface area contributed by atoms with Crippen LogP contribution < -0.4 is 0 Å². The first-order valence-electron chi connectivity index (χ1n) is 21.9. The number of aromatic nitrogens is 6. The monoisotopic (exact) mass is 826 g/mol. The van der Waals surface area contributed by atoms with Gasteiger partial charge in [-0.05, 0) is 37.1 Å². The standard InChI is InChI=1S/C56H40N6.C2H6/c1-3-18-46-37(2)57-53(44-23-12-6-13-24-44)61-51(42-19-8-4-9-20-42)49(59-55(46)61)40-33-29-38(30-34-40)39-31-35-41(36-32-39)50-52(43-21-10-5-11-22-43)62-54(45-25-14-7-15-26-45)58-48-28-17-16-27-47(48)56(62)60-50;1-2/h3-36H,1-2H3;1-2H3/b18-3-;. The minimum atomic E-state index is 0.857. The maximum atomic E-state index is 5.43. The average Bonchev–Trinajstić information content (AvgIpc) is 3.97. The van der Waals surface area contributed by atoms with Crippen LogP contribution >= 0.6 is 0 Å². The molecule has 7 aromatic carbocycles. The number of hydrogen-bond acceptors (Lipinski definition) is 4. The summed E-state index contributed by atoms with van der Waals surface area (Å²) in [6.45, 7) is 8.10. The molecule has 0 aliphatic rings. The van der Waals surface area contributed by atoms with Crippen LogP contribution in [0.25, 0.3) is 107 Å². The first-order chi connectivity index (χ1) is 31.6. The van der Waals surface area contributed by atoms with E-state index >= 15 is 0 Å². The highest BCUT2D eigenvalue weighted by atomic mass is 15.1. The molecule has 0 spiro atoms. The van der Waals surface area contributed by atoms with E-state index < -0.39 is 0 Å². The molecule has 0 fully saturated rings. The number of hydrogen-bond donors (Lipinski definition) is 0. The lowest BCUT2D eigenvalue weighted by molar-refractivity contribution is 1.06. The third kappa shape index (κ3) is 7.05. The summed E-state index contributed by atoms with van der Waals surface area (Å²) in [6, 6.07) is 67.6. The van der Waals surface area contributed by atoms with Gasteiger partial charge in [0, 0.05) is 44.3 Å². The van der Waals surface area contributed by atoms with Crippen LogP contribution in [-0.2, 0) is 0 Å². The van der Waals surface area contributed by atoms with Crippen LogP contribution in [0.4, 0.5) is 0 Å². The number of allylic oxidation sites excluding steroid dienone is 1. The largest absolute Gasteiger partial charge is 0.275 e. The maximum absolute atomic E-state index is 5.43. The maximum Gasteiger partial charge on any atom is 0.149 e. The Hall–Kier alpha value is -8.22. The Balaban J connectivity index is 0.00000239. The van der Waals surface area contributed by atoms with Crippen molar-refractivity contribution in [3.63, 3.8) is 0 Å². The van der Waals surface area contributed by atoms with Crippen molar-refractivity contribution in [3.8, 4) is 78.9 Å². The number of aryl methyl sites for hydroxylation is 1. The molecule has 0 aliphatic carbocycles. The number of imidazole rings is 2. The second-order valence-electron chi connectivity index (χ2n) is 15.4. The van der Waals surface area contributed by atoms with E-state index in [4.69, 9.17) is 19.9 Å². The average molecular weight is 827 g/mol. The first kappa shape index (κ1) is 39.9. The first-order valence-corrected chi connectivity index (χ1v) is 21.9. The van der Waals surface area contributed by atoms with Crippen molar-refractivity contribution in [1.29, 1.82) is 0 Å². The topological polar surface area (TPSA) is 60.4 Å². The van der Waals surface area contributed by atoms with Crippen molar-refractivity contribution in [1.82, 2.24) is 28.7 Å². The zero-order chi connectivity index (χ0) is 43.6. The fourth-order valence-electron chi connectivity index (χ4n) is 8.66. The zero-order valence-corrected chi connectivity index (χ0v) is 36.3. The third-order valence-electron chi connectivity index (χ3n) is 11.6. The van der Waals surface area contributed by atoms with E-state index in [1.165, 1.54) is 0 Å². The van der Waals surface area contributed by atoms with Crippen LogP contribution in [0.1, 0.15) is 32.0 Å². The Morgan fingerprint density at radius 2 is 0.766 bits per heavy atom. The van der Waals surface area contributed by atoms with Gasteiger partial charge in [0.1, 0.15) is 22.9 Å². The number of para-hydroxylation sites is 1. The molecule has 0 N–H and O–H groups in total. The molecule has 0 unspecified atom stereocenters. The lowest BCUT2D eigenvalue weighted by Gasteiger charge is -2.13. The van der Waals surface area contributed by atoms with Gasteiger partial charge < -0.3 is 0 Å². The molecule has 308 valence electrons. The number of rotatable bonds is 8. The SMILES string of the molecule is C/C=C\c1c(C)nc(-c2ccccc2)n2c(-c3ccccc3)c(-c3ccc(-c4ccc(-c5nc6c7ccccc7nc(-c7ccccc7)n6c5-c5ccccc5)cc4)cc3)nc12.CC. The highest BCUT2D eigenvalue weighted by Crippen LogP contribution is 2.40. The van der Waals surface area contributed by atoms with Crippen LogP contribution in [0.3, 0.4) is 0 Å². The lowest BCUT2D eigenvalue weighted by Crippen LogP contribution is -2.03. The van der Waals surface area contributed by atoms with Crippen molar-refractivity contribution in [2.75, 3.05) is 0 Å². The summed E-state index contributed by atoms with van der Waals surface area (Å²) in [5.41, 5.74) is 17.0. The van der Waals surface area contributed by atoms with Gasteiger partial charge in [0.25, 0.3) is 0 Å². The van der Waals surface area contributed by atoms with Gasteiger partial charge in [-0.25, -0.2) is 19.9 Å². The predicted octanol–water partition coefficient (Wildman–Crippen LogP) is 15.0. The van der Waals surface area contributed by atoms with E-state index in [0.29, 0.717) is 0 Å². The molecule has 6 nitrogen and oxygen atoms in total. The molecule has 0 bridgehead atoms. The number of fused-ring (bicyclic) bond motifs is 4. The van der Waals surface area contributed by atoms with Gasteiger partial charge in [0.2, 0.25) is 0 Å². The van der Waals surface area contributed by atoms with Gasteiger partial charge in [-0.1, -0.05) is 208 Å². The molecule has 0 saturated heterocycles. The minimum Gasteiger partial charge on any atom is -0.275 e. The molecular formula is C58H46N6. The summed E-state index contributed by atoms with van der Waals surface area (Å²) in [6.07, 6.45) is 4.17. The fourth-order valence-corrected chi connectivity index (χ4v) is 8.66. The van der Waals surface area contributed by atoms with Crippen LogP contribution in [0, 0.1) is 6.92 Å². The van der Waals surface area contributed by atoms with Gasteiger partial charge in [0.15, 0.2) is 0 Å². The summed E-state index contributed by atoms with van der Waals surface area (Å²) >= 11 is 0. The molecule has 0 saturated carbocycles. The lowest BCUT2D eigenvalue weighted by atomic mass is 9.98. The molecule has 64 heavy (non-hydrogen) atoms. The highest BCUT2D eigenvalue weighted by molar-refractivity contribution is 5.98. The summed E-state index contributed by atoms with van der Waals surface area (Å²) in [7, 11) is 0. The van der Waals surface area contributed by atoms with E-state index in [1.807, 2.05) is 39.0 Å². The summed E-state index contributed by atoms with van der Waals surface area (Å²) in [5.74, 6) is 1.72. The van der Waals surface area contributed by atoms with Gasteiger partial charge in [-0.3, -0.25) is 8.80 Å². The predicted molar refractivity (Wildman–Crippen MR) is 266 cm³/mol. The molecule has 0 amide bonds. The molecule has 0 atom stereocenters. The van der Waals surface area contributed by atoms with Gasteiger partial charge in [-0.15, -0.1) is 0 Å². The smallest absolute Gasteiger partial charge is 0.149 e. The van der Waals surface area contributed by atoms with Crippen molar-refractivity contribution < 1.29 is 0 Å². The third-order valence-corrected chi connectivity index (χ3v) is 11.6. The Labute approximate surface area is 373 Å². The van der Waals surface area contributed by atoms with Crippen molar-refractivity contribution in [2.45, 2.75) is 27.7 Å². The van der Waals surface area contributed by atoms with Gasteiger partial charge in [-0.2, -0.15) is 0 Å². The zero-order valence-electron chi connectivity index (χ0n) is 36.3. The Kier molecular flexibility index (Phi) is 10.8. The van der Waals surface area contributed by atoms with E-state index in [-0.39, 0.29) is 0 Å². The van der Waals surface area contributed by atoms with Crippen molar-refractivity contribution in [3.05, 3.63) is 211 Å². The second kappa shape index (κ2) is 17.3. The fraction of sp³-hybridized carbons (Fsp3) is 0.0690. The normalized spacial score (nSPS) is 11.4. The Bertz CT molecular complexity index is 3420. The van der Waals surface area contributed by atoms with Gasteiger partial charge >= 0.3 is 0 Å². The van der Waals surface area contributed by atoms with Crippen LogP contribution in [-0.4, -0.2) is 28.7 Å². The molecule has 0 radical (unpaired) electrons. The molecule has 4 heterocycles. The van der Waals surface area contributed by atoms with Gasteiger partial charge in [0.05, 0.1) is 34.0 Å². The number of benzene rings is 7. The van der Waals surface area contributed by atoms with E-state index in [0.717, 1.165) is 112 Å². The minimum absolute atomic E-state index is 0.857. The van der Waals surface area contributed by atoms with Crippen LogP contribution in [0.2, 0.25) is 0 Å².